The molecule has 2 aromatic rings. The number of hydrogen-bond donors (Lipinski definition) is 2. The number of phenolic OH excluding ortho intramolecular Hbond substituents is 1. The topological polar surface area (TPSA) is 58.6 Å². The molecule has 6 bridgehead atoms. The highest BCUT2D eigenvalue weighted by Gasteiger charge is 2.46. The fraction of sp³-hybridized carbons (Fsp3) is 0.514. The number of unbranched alkanes of at least 4 members (excludes halogenated alkanes) is 1. The number of amides is 1. The Morgan fingerprint density at radius 2 is 1.46 bits per heavy atom. The van der Waals surface area contributed by atoms with Crippen LogP contribution < -0.4 is 10.1 Å². The van der Waals surface area contributed by atoms with Crippen molar-refractivity contribution in [2.24, 2.45) is 41.4 Å². The van der Waals surface area contributed by atoms with Crippen molar-refractivity contribution in [2.75, 3.05) is 13.2 Å². The molecule has 2 N–H and O–H groups in total. The molecule has 0 spiro atoms. The van der Waals surface area contributed by atoms with Crippen LogP contribution in [0.5, 0.6) is 11.5 Å². The molecule has 0 unspecified atom stereocenters. The van der Waals surface area contributed by atoms with E-state index in [1.54, 1.807) is 5.57 Å². The SMILES string of the molecule is O=C(NCCCCOc1ccc(C(=C2C3CC4CC(C3)CC2C4)c2ccc(O)cc2)cc1)[C@@H]1C[C@@H]2C=C[C@H]1C2. The average molecular weight is 524 g/mol. The lowest BCUT2D eigenvalue weighted by Gasteiger charge is -2.52. The van der Waals surface area contributed by atoms with Gasteiger partial charge in [-0.1, -0.05) is 42.0 Å². The van der Waals surface area contributed by atoms with Crippen molar-refractivity contribution in [2.45, 2.75) is 57.8 Å². The summed E-state index contributed by atoms with van der Waals surface area (Å²) in [6.07, 6.45) is 15.4. The summed E-state index contributed by atoms with van der Waals surface area (Å²) in [5.74, 6) is 6.02. The van der Waals surface area contributed by atoms with Gasteiger partial charge in [0.1, 0.15) is 11.5 Å². The van der Waals surface area contributed by atoms with Gasteiger partial charge in [-0.2, -0.15) is 0 Å². The summed E-state index contributed by atoms with van der Waals surface area (Å²) in [4.78, 5) is 12.5. The number of carbonyl (C=O) groups is 1. The van der Waals surface area contributed by atoms with Crippen LogP contribution in [0.2, 0.25) is 0 Å². The second-order valence-corrected chi connectivity index (χ2v) is 12.9. The molecule has 204 valence electrons. The zero-order valence-electron chi connectivity index (χ0n) is 22.9. The minimum Gasteiger partial charge on any atom is -0.508 e. The third-order valence-electron chi connectivity index (χ3n) is 10.4. The lowest BCUT2D eigenvalue weighted by molar-refractivity contribution is -0.125. The molecule has 0 aromatic heterocycles. The molecule has 0 aliphatic heterocycles. The van der Waals surface area contributed by atoms with E-state index in [1.165, 1.54) is 55.2 Å². The van der Waals surface area contributed by atoms with Crippen LogP contribution in [0.4, 0.5) is 0 Å². The molecule has 5 saturated carbocycles. The second kappa shape index (κ2) is 10.5. The highest BCUT2D eigenvalue weighted by atomic mass is 16.5. The fourth-order valence-corrected chi connectivity index (χ4v) is 8.79. The first-order valence-corrected chi connectivity index (χ1v) is 15.3. The molecule has 8 rings (SSSR count). The number of nitrogens with one attached hydrogen (secondary N) is 1. The number of ether oxygens (including phenoxy) is 1. The molecular formula is C35H41NO3. The summed E-state index contributed by atoms with van der Waals surface area (Å²) < 4.78 is 6.08. The van der Waals surface area contributed by atoms with E-state index >= 15 is 0 Å². The third-order valence-corrected chi connectivity index (χ3v) is 10.4. The highest BCUT2D eigenvalue weighted by Crippen LogP contribution is 2.58. The number of carbonyl (C=O) groups excluding carboxylic acids is 1. The molecule has 6 aliphatic rings. The van der Waals surface area contributed by atoms with Crippen LogP contribution in [0.25, 0.3) is 5.57 Å². The second-order valence-electron chi connectivity index (χ2n) is 12.9. The summed E-state index contributed by atoms with van der Waals surface area (Å²) in [6, 6.07) is 16.5. The number of aromatic hydroxyl groups is 1. The lowest BCUT2D eigenvalue weighted by atomic mass is 9.53. The van der Waals surface area contributed by atoms with E-state index in [2.05, 4.69) is 53.9 Å². The van der Waals surface area contributed by atoms with Crippen LogP contribution in [0.15, 0.2) is 66.3 Å². The fourth-order valence-electron chi connectivity index (χ4n) is 8.79. The molecule has 0 radical (unpaired) electrons. The summed E-state index contributed by atoms with van der Waals surface area (Å²) in [5, 5.41) is 13.1. The molecule has 2 aromatic carbocycles. The van der Waals surface area contributed by atoms with Gasteiger partial charge in [-0.15, -0.1) is 0 Å². The van der Waals surface area contributed by atoms with Crippen molar-refractivity contribution >= 4 is 11.5 Å². The minimum absolute atomic E-state index is 0.190. The number of benzene rings is 2. The van der Waals surface area contributed by atoms with Crippen molar-refractivity contribution in [1.29, 1.82) is 0 Å². The zero-order valence-corrected chi connectivity index (χ0v) is 22.9. The summed E-state index contributed by atoms with van der Waals surface area (Å²) in [5.41, 5.74) is 5.53. The maximum atomic E-state index is 12.5. The normalized spacial score (nSPS) is 31.6. The molecule has 4 nitrogen and oxygen atoms in total. The quantitative estimate of drug-likeness (QED) is 0.271. The summed E-state index contributed by atoms with van der Waals surface area (Å²) in [7, 11) is 0. The van der Waals surface area contributed by atoms with Crippen molar-refractivity contribution in [3.05, 3.63) is 77.4 Å². The molecular weight excluding hydrogens is 482 g/mol. The molecule has 5 fully saturated rings. The minimum atomic E-state index is 0.190. The Kier molecular flexibility index (Phi) is 6.74. The van der Waals surface area contributed by atoms with Crippen LogP contribution in [0, 0.1) is 41.4 Å². The Labute approximate surface area is 232 Å². The van der Waals surface area contributed by atoms with E-state index < -0.39 is 0 Å². The van der Waals surface area contributed by atoms with Gasteiger partial charge < -0.3 is 15.2 Å². The first kappa shape index (κ1) is 25.0. The van der Waals surface area contributed by atoms with Gasteiger partial charge in [-0.3, -0.25) is 4.79 Å². The predicted octanol–water partition coefficient (Wildman–Crippen LogP) is 7.14. The van der Waals surface area contributed by atoms with Crippen molar-refractivity contribution in [3.8, 4) is 11.5 Å². The molecule has 0 heterocycles. The first-order chi connectivity index (χ1) is 19.1. The Balaban J connectivity index is 0.974. The van der Waals surface area contributed by atoms with E-state index in [1.807, 2.05) is 12.1 Å². The Hall–Kier alpha value is -3.01. The van der Waals surface area contributed by atoms with Gasteiger partial charge in [0, 0.05) is 12.5 Å². The van der Waals surface area contributed by atoms with E-state index in [0.717, 1.165) is 43.4 Å². The van der Waals surface area contributed by atoms with E-state index in [9.17, 15) is 9.90 Å². The summed E-state index contributed by atoms with van der Waals surface area (Å²) >= 11 is 0. The van der Waals surface area contributed by atoms with Gasteiger partial charge in [-0.05, 0) is 134 Å². The highest BCUT2D eigenvalue weighted by molar-refractivity contribution is 5.83. The third kappa shape index (κ3) is 5.03. The maximum absolute atomic E-state index is 12.5. The average Bonchev–Trinajstić information content (AvgIpc) is 3.58. The molecule has 0 saturated heterocycles. The number of fused-ring (bicyclic) bond motifs is 2. The van der Waals surface area contributed by atoms with Gasteiger partial charge >= 0.3 is 0 Å². The van der Waals surface area contributed by atoms with Crippen LogP contribution in [0.1, 0.15) is 68.9 Å². The van der Waals surface area contributed by atoms with E-state index in [0.29, 0.717) is 36.0 Å². The molecule has 3 atom stereocenters. The number of phenols is 1. The standard InChI is InChI=1S/C35H41NO3/c37-30-9-5-25(6-10-30)33(34-28-17-23-15-24(19-28)20-29(34)18-23)26-7-11-31(12-8-26)39-14-2-1-13-36-35(38)32-21-22-3-4-27(32)16-22/h3-12,22-24,27-29,32,37H,1-2,13-21H2,(H,36,38)/t22-,23?,24?,27+,28?,29?,32-/m1/s1. The molecule has 4 heteroatoms. The molecule has 1 amide bonds. The van der Waals surface area contributed by atoms with Gasteiger partial charge in [0.25, 0.3) is 0 Å². The van der Waals surface area contributed by atoms with Gasteiger partial charge in [0.2, 0.25) is 5.91 Å². The maximum Gasteiger partial charge on any atom is 0.223 e. The Bertz CT molecular complexity index is 1230. The predicted molar refractivity (Wildman–Crippen MR) is 154 cm³/mol. The zero-order chi connectivity index (χ0) is 26.3. The van der Waals surface area contributed by atoms with Crippen molar-refractivity contribution < 1.29 is 14.6 Å². The Morgan fingerprint density at radius 3 is 2.08 bits per heavy atom. The van der Waals surface area contributed by atoms with Crippen molar-refractivity contribution in [1.82, 2.24) is 5.32 Å². The van der Waals surface area contributed by atoms with Crippen LogP contribution in [0.3, 0.4) is 0 Å². The van der Waals surface area contributed by atoms with E-state index in [-0.39, 0.29) is 11.8 Å². The van der Waals surface area contributed by atoms with Gasteiger partial charge in [0.05, 0.1) is 6.61 Å². The number of rotatable bonds is 9. The molecule has 6 aliphatic carbocycles. The van der Waals surface area contributed by atoms with Crippen molar-refractivity contribution in [3.63, 3.8) is 0 Å². The number of hydrogen-bond acceptors (Lipinski definition) is 3. The monoisotopic (exact) mass is 523 g/mol. The smallest absolute Gasteiger partial charge is 0.223 e. The molecule has 39 heavy (non-hydrogen) atoms. The lowest BCUT2D eigenvalue weighted by Crippen LogP contribution is -2.40. The summed E-state index contributed by atoms with van der Waals surface area (Å²) in [6.45, 7) is 1.39. The van der Waals surface area contributed by atoms with Gasteiger partial charge in [0.15, 0.2) is 0 Å². The van der Waals surface area contributed by atoms with Gasteiger partial charge in [-0.25, -0.2) is 0 Å². The Morgan fingerprint density at radius 1 is 0.795 bits per heavy atom. The number of allylic oxidation sites excluding steroid dienone is 3. The van der Waals surface area contributed by atoms with Crippen LogP contribution in [-0.2, 0) is 4.79 Å². The van der Waals surface area contributed by atoms with Crippen LogP contribution >= 0.6 is 0 Å². The van der Waals surface area contributed by atoms with Crippen LogP contribution in [-0.4, -0.2) is 24.2 Å². The largest absolute Gasteiger partial charge is 0.508 e. The van der Waals surface area contributed by atoms with E-state index in [4.69, 9.17) is 4.74 Å². The first-order valence-electron chi connectivity index (χ1n) is 15.3.